The van der Waals surface area contributed by atoms with E-state index in [1.165, 1.54) is 6.92 Å². The number of amides is 2. The van der Waals surface area contributed by atoms with Gasteiger partial charge in [-0.15, -0.1) is 0 Å². The molecule has 26 heavy (non-hydrogen) atoms. The summed E-state index contributed by atoms with van der Waals surface area (Å²) in [5.74, 6) is -0.0722. The lowest BCUT2D eigenvalue weighted by Gasteiger charge is -2.24. The van der Waals surface area contributed by atoms with Crippen LogP contribution in [0, 0.1) is 6.92 Å². The molecule has 1 fully saturated rings. The van der Waals surface area contributed by atoms with E-state index in [1.54, 1.807) is 4.68 Å². The average molecular weight is 355 g/mol. The van der Waals surface area contributed by atoms with Gasteiger partial charge in [0.2, 0.25) is 5.91 Å². The van der Waals surface area contributed by atoms with Crippen molar-refractivity contribution in [3.05, 3.63) is 47.0 Å². The van der Waals surface area contributed by atoms with E-state index in [4.69, 9.17) is 0 Å². The summed E-state index contributed by atoms with van der Waals surface area (Å²) in [6.07, 6.45) is 3.67. The Hall–Kier alpha value is -2.70. The summed E-state index contributed by atoms with van der Waals surface area (Å²) in [4.78, 5) is 30.7. The fraction of sp³-hybridized carbons (Fsp3) is 0.474. The highest BCUT2D eigenvalue weighted by atomic mass is 16.2. The lowest BCUT2D eigenvalue weighted by Crippen LogP contribution is -2.31. The molecule has 0 unspecified atom stereocenters. The van der Waals surface area contributed by atoms with Gasteiger partial charge in [0.15, 0.2) is 0 Å². The van der Waals surface area contributed by atoms with Crippen molar-refractivity contribution in [1.82, 2.24) is 25.0 Å². The molecule has 2 amide bonds. The second-order valence-electron chi connectivity index (χ2n) is 6.60. The number of rotatable bonds is 5. The SMILES string of the molecule is CCn1cc(C(=O)N2CCC[C@H]2c2cccc(CNC(C)=O)n2)c(C)n1. The molecule has 1 aliphatic rings. The maximum atomic E-state index is 13.1. The number of aryl methyl sites for hydroxylation is 2. The van der Waals surface area contributed by atoms with Crippen LogP contribution in [-0.2, 0) is 17.9 Å². The van der Waals surface area contributed by atoms with Crippen LogP contribution in [0.1, 0.15) is 60.2 Å². The molecule has 138 valence electrons. The molecule has 2 aromatic heterocycles. The first kappa shape index (κ1) is 18.1. The monoisotopic (exact) mass is 355 g/mol. The van der Waals surface area contributed by atoms with Gasteiger partial charge < -0.3 is 10.2 Å². The van der Waals surface area contributed by atoms with Gasteiger partial charge in [-0.25, -0.2) is 0 Å². The van der Waals surface area contributed by atoms with Crippen LogP contribution in [0.3, 0.4) is 0 Å². The Morgan fingerprint density at radius 1 is 1.35 bits per heavy atom. The zero-order valence-corrected chi connectivity index (χ0v) is 15.5. The zero-order chi connectivity index (χ0) is 18.7. The molecule has 0 spiro atoms. The Bertz CT molecular complexity index is 814. The Kier molecular flexibility index (Phi) is 5.35. The topological polar surface area (TPSA) is 80.1 Å². The third kappa shape index (κ3) is 3.76. The number of carbonyl (C=O) groups excluding carboxylic acids is 2. The minimum atomic E-state index is -0.0849. The predicted molar refractivity (Wildman–Crippen MR) is 97.4 cm³/mol. The number of pyridine rings is 1. The number of nitrogens with zero attached hydrogens (tertiary/aromatic N) is 4. The average Bonchev–Trinajstić information content (AvgIpc) is 3.26. The van der Waals surface area contributed by atoms with Gasteiger partial charge in [-0.3, -0.25) is 19.3 Å². The Labute approximate surface area is 153 Å². The van der Waals surface area contributed by atoms with Gasteiger partial charge >= 0.3 is 0 Å². The molecule has 7 heteroatoms. The lowest BCUT2D eigenvalue weighted by atomic mass is 10.1. The molecule has 1 atom stereocenters. The van der Waals surface area contributed by atoms with E-state index in [9.17, 15) is 9.59 Å². The van der Waals surface area contributed by atoms with E-state index in [0.29, 0.717) is 12.1 Å². The summed E-state index contributed by atoms with van der Waals surface area (Å²) in [6, 6.07) is 5.73. The number of nitrogens with one attached hydrogen (secondary N) is 1. The second kappa shape index (κ2) is 7.68. The van der Waals surface area contributed by atoms with Gasteiger partial charge in [-0.1, -0.05) is 6.07 Å². The second-order valence-corrected chi connectivity index (χ2v) is 6.60. The lowest BCUT2D eigenvalue weighted by molar-refractivity contribution is -0.119. The largest absolute Gasteiger partial charge is 0.351 e. The van der Waals surface area contributed by atoms with Gasteiger partial charge in [0.05, 0.1) is 35.2 Å². The number of hydrogen-bond acceptors (Lipinski definition) is 4. The van der Waals surface area contributed by atoms with Crippen molar-refractivity contribution >= 4 is 11.8 Å². The standard InChI is InChI=1S/C19H25N5O2/c1-4-23-12-16(13(2)22-23)19(26)24-10-6-9-18(24)17-8-5-7-15(21-17)11-20-14(3)25/h5,7-8,12,18H,4,6,9-11H2,1-3H3,(H,20,25)/t18-/m0/s1. The molecule has 1 aliphatic heterocycles. The van der Waals surface area contributed by atoms with Crippen LogP contribution in [0.2, 0.25) is 0 Å². The third-order valence-electron chi connectivity index (χ3n) is 4.70. The van der Waals surface area contributed by atoms with Crippen LogP contribution < -0.4 is 5.32 Å². The highest BCUT2D eigenvalue weighted by molar-refractivity contribution is 5.95. The van der Waals surface area contributed by atoms with Crippen molar-refractivity contribution in [3.8, 4) is 0 Å². The highest BCUT2D eigenvalue weighted by Crippen LogP contribution is 2.32. The minimum Gasteiger partial charge on any atom is -0.351 e. The molecule has 0 radical (unpaired) electrons. The molecular weight excluding hydrogens is 330 g/mol. The summed E-state index contributed by atoms with van der Waals surface area (Å²) in [5, 5.41) is 7.15. The zero-order valence-electron chi connectivity index (χ0n) is 15.5. The molecule has 0 bridgehead atoms. The van der Waals surface area contributed by atoms with Crippen LogP contribution in [-0.4, -0.2) is 38.0 Å². The van der Waals surface area contributed by atoms with Gasteiger partial charge in [-0.2, -0.15) is 5.10 Å². The van der Waals surface area contributed by atoms with Crippen molar-refractivity contribution in [2.24, 2.45) is 0 Å². The summed E-state index contributed by atoms with van der Waals surface area (Å²) in [5.41, 5.74) is 3.09. The molecule has 0 aromatic carbocycles. The molecule has 3 rings (SSSR count). The van der Waals surface area contributed by atoms with Gasteiger partial charge in [0.25, 0.3) is 5.91 Å². The summed E-state index contributed by atoms with van der Waals surface area (Å²) >= 11 is 0. The third-order valence-corrected chi connectivity index (χ3v) is 4.70. The molecule has 0 saturated carbocycles. The normalized spacial score (nSPS) is 16.7. The van der Waals surface area contributed by atoms with Gasteiger partial charge in [-0.05, 0) is 38.8 Å². The first-order valence-corrected chi connectivity index (χ1v) is 9.05. The number of hydrogen-bond donors (Lipinski definition) is 1. The fourth-order valence-electron chi connectivity index (χ4n) is 3.36. The van der Waals surface area contributed by atoms with Crippen LogP contribution in [0.25, 0.3) is 0 Å². The van der Waals surface area contributed by atoms with Crippen LogP contribution in [0.15, 0.2) is 24.4 Å². The van der Waals surface area contributed by atoms with Crippen molar-refractivity contribution in [2.75, 3.05) is 6.54 Å². The maximum absolute atomic E-state index is 13.1. The smallest absolute Gasteiger partial charge is 0.257 e. The van der Waals surface area contributed by atoms with E-state index in [0.717, 1.165) is 43.0 Å². The predicted octanol–water partition coefficient (Wildman–Crippen LogP) is 2.22. The number of likely N-dealkylation sites (tertiary alicyclic amines) is 1. The molecule has 2 aromatic rings. The van der Waals surface area contributed by atoms with Crippen molar-refractivity contribution in [2.45, 2.75) is 52.7 Å². The first-order valence-electron chi connectivity index (χ1n) is 9.05. The minimum absolute atomic E-state index is 0.0127. The maximum Gasteiger partial charge on any atom is 0.257 e. The van der Waals surface area contributed by atoms with Crippen molar-refractivity contribution in [1.29, 1.82) is 0 Å². The summed E-state index contributed by atoms with van der Waals surface area (Å²) < 4.78 is 1.79. The molecule has 1 N–H and O–H groups in total. The van der Waals surface area contributed by atoms with E-state index in [1.807, 2.05) is 43.1 Å². The van der Waals surface area contributed by atoms with Crippen LogP contribution in [0.5, 0.6) is 0 Å². The highest BCUT2D eigenvalue weighted by Gasteiger charge is 2.33. The van der Waals surface area contributed by atoms with Crippen molar-refractivity contribution < 1.29 is 9.59 Å². The summed E-state index contributed by atoms with van der Waals surface area (Å²) in [7, 11) is 0. The van der Waals surface area contributed by atoms with E-state index < -0.39 is 0 Å². The van der Waals surface area contributed by atoms with Crippen LogP contribution >= 0.6 is 0 Å². The number of carbonyl (C=O) groups is 2. The molecule has 1 saturated heterocycles. The fourth-order valence-corrected chi connectivity index (χ4v) is 3.36. The summed E-state index contributed by atoms with van der Waals surface area (Å²) in [6.45, 7) is 7.22. The Balaban J connectivity index is 1.81. The van der Waals surface area contributed by atoms with Gasteiger partial charge in [0.1, 0.15) is 0 Å². The van der Waals surface area contributed by atoms with Crippen LogP contribution in [0.4, 0.5) is 0 Å². The first-order chi connectivity index (χ1) is 12.5. The van der Waals surface area contributed by atoms with Crippen molar-refractivity contribution in [3.63, 3.8) is 0 Å². The van der Waals surface area contributed by atoms with Gasteiger partial charge in [0, 0.05) is 26.2 Å². The molecule has 7 nitrogen and oxygen atoms in total. The van der Waals surface area contributed by atoms with E-state index >= 15 is 0 Å². The molecule has 3 heterocycles. The Morgan fingerprint density at radius 2 is 2.15 bits per heavy atom. The number of aromatic nitrogens is 3. The van der Waals surface area contributed by atoms with E-state index in [-0.39, 0.29) is 17.9 Å². The van der Waals surface area contributed by atoms with E-state index in [2.05, 4.69) is 15.4 Å². The molecule has 0 aliphatic carbocycles. The Morgan fingerprint density at radius 3 is 2.85 bits per heavy atom. The quantitative estimate of drug-likeness (QED) is 0.892. The molecular formula is C19H25N5O2.